The Balaban J connectivity index is 1.90. The fraction of sp³-hybridized carbons (Fsp3) is 0.500. The summed E-state index contributed by atoms with van der Waals surface area (Å²) in [7, 11) is 0. The highest BCUT2D eigenvalue weighted by Gasteiger charge is 2.10. The van der Waals surface area contributed by atoms with Gasteiger partial charge in [0, 0.05) is 30.1 Å². The van der Waals surface area contributed by atoms with Crippen LogP contribution in [-0.2, 0) is 17.8 Å². The number of morpholine rings is 1. The smallest absolute Gasteiger partial charge is 0.228 e. The molecule has 1 saturated heterocycles. The van der Waals surface area contributed by atoms with Crippen LogP contribution in [-0.4, -0.2) is 36.1 Å². The summed E-state index contributed by atoms with van der Waals surface area (Å²) in [4.78, 5) is 12.4. The van der Waals surface area contributed by atoms with Gasteiger partial charge in [0.2, 0.25) is 6.54 Å². The van der Waals surface area contributed by atoms with Gasteiger partial charge in [-0.2, -0.15) is 0 Å². The summed E-state index contributed by atoms with van der Waals surface area (Å²) < 4.78 is 5.28. The molecule has 0 atom stereocenters. The molecule has 5 nitrogen and oxygen atoms in total. The summed E-state index contributed by atoms with van der Waals surface area (Å²) in [5, 5.41) is 10.4. The molecule has 1 aromatic carbocycles. The number of hydrogen-bond acceptors (Lipinski definition) is 4. The van der Waals surface area contributed by atoms with E-state index in [1.165, 1.54) is 5.56 Å². The van der Waals surface area contributed by atoms with Crippen molar-refractivity contribution in [1.82, 2.24) is 4.90 Å². The van der Waals surface area contributed by atoms with Gasteiger partial charge in [-0.25, -0.2) is 0 Å². The van der Waals surface area contributed by atoms with Gasteiger partial charge in [-0.3, -0.25) is 15.0 Å². The fourth-order valence-corrected chi connectivity index (χ4v) is 1.92. The lowest BCUT2D eigenvalue weighted by atomic mass is 10.1. The predicted octanol–water partition coefficient (Wildman–Crippen LogP) is 1.30. The molecule has 0 unspecified atom stereocenters. The van der Waals surface area contributed by atoms with Crippen molar-refractivity contribution < 1.29 is 9.66 Å². The van der Waals surface area contributed by atoms with E-state index in [4.69, 9.17) is 4.74 Å². The molecule has 1 aromatic rings. The van der Waals surface area contributed by atoms with Crippen LogP contribution in [0.15, 0.2) is 24.3 Å². The van der Waals surface area contributed by atoms with Crippen LogP contribution in [0.2, 0.25) is 0 Å². The molecule has 0 amide bonds. The van der Waals surface area contributed by atoms with Crippen LogP contribution in [0, 0.1) is 10.1 Å². The molecule has 0 bridgehead atoms. The van der Waals surface area contributed by atoms with Crippen LogP contribution in [0.5, 0.6) is 0 Å². The van der Waals surface area contributed by atoms with E-state index in [2.05, 4.69) is 4.90 Å². The van der Waals surface area contributed by atoms with Crippen LogP contribution >= 0.6 is 0 Å². The maximum absolute atomic E-state index is 10.4. The molecule has 92 valence electrons. The lowest BCUT2D eigenvalue weighted by Gasteiger charge is -2.26. The lowest BCUT2D eigenvalue weighted by Crippen LogP contribution is -2.35. The summed E-state index contributed by atoms with van der Waals surface area (Å²) in [5.74, 6) is 0. The summed E-state index contributed by atoms with van der Waals surface area (Å²) >= 11 is 0. The number of nitrogens with zero attached hydrogens (tertiary/aromatic N) is 2. The third kappa shape index (κ3) is 3.80. The molecule has 0 N–H and O–H groups in total. The minimum atomic E-state index is -0.309. The summed E-state index contributed by atoms with van der Waals surface area (Å²) in [6, 6.07) is 7.60. The largest absolute Gasteiger partial charge is 0.379 e. The van der Waals surface area contributed by atoms with Crippen molar-refractivity contribution in [3.8, 4) is 0 Å². The second-order valence-electron chi connectivity index (χ2n) is 4.20. The molecule has 1 heterocycles. The van der Waals surface area contributed by atoms with E-state index in [1.54, 1.807) is 0 Å². The van der Waals surface area contributed by atoms with E-state index >= 15 is 0 Å². The van der Waals surface area contributed by atoms with Crippen molar-refractivity contribution in [3.63, 3.8) is 0 Å². The van der Waals surface area contributed by atoms with Gasteiger partial charge in [-0.05, 0) is 5.56 Å². The zero-order valence-electron chi connectivity index (χ0n) is 9.67. The SMILES string of the molecule is O=[N+]([O-])Cc1ccc(CN2CCOCC2)cc1. The Hall–Kier alpha value is -1.46. The van der Waals surface area contributed by atoms with Crippen molar-refractivity contribution in [3.05, 3.63) is 45.5 Å². The van der Waals surface area contributed by atoms with E-state index in [-0.39, 0.29) is 11.5 Å². The fourth-order valence-electron chi connectivity index (χ4n) is 1.92. The molecule has 1 aliphatic heterocycles. The van der Waals surface area contributed by atoms with Gasteiger partial charge in [0.15, 0.2) is 0 Å². The first-order valence-electron chi connectivity index (χ1n) is 5.74. The first-order valence-corrected chi connectivity index (χ1v) is 5.74. The Labute approximate surface area is 100 Å². The van der Waals surface area contributed by atoms with Crippen molar-refractivity contribution in [2.75, 3.05) is 26.3 Å². The molecule has 0 radical (unpaired) electrons. The van der Waals surface area contributed by atoms with Crippen LogP contribution in [0.25, 0.3) is 0 Å². The van der Waals surface area contributed by atoms with Crippen LogP contribution in [0.1, 0.15) is 11.1 Å². The third-order valence-electron chi connectivity index (χ3n) is 2.84. The third-order valence-corrected chi connectivity index (χ3v) is 2.84. The van der Waals surface area contributed by atoms with Crippen molar-refractivity contribution in [2.45, 2.75) is 13.1 Å². The molecule has 17 heavy (non-hydrogen) atoms. The summed E-state index contributed by atoms with van der Waals surface area (Å²) in [6.45, 7) is 4.28. The van der Waals surface area contributed by atoms with E-state index in [9.17, 15) is 10.1 Å². The van der Waals surface area contributed by atoms with E-state index in [0.717, 1.165) is 38.4 Å². The maximum atomic E-state index is 10.4. The zero-order valence-corrected chi connectivity index (χ0v) is 9.67. The molecule has 0 saturated carbocycles. The van der Waals surface area contributed by atoms with E-state index in [1.807, 2.05) is 24.3 Å². The highest BCUT2D eigenvalue weighted by molar-refractivity contribution is 5.21. The van der Waals surface area contributed by atoms with E-state index in [0.29, 0.717) is 0 Å². The second kappa shape index (κ2) is 5.75. The van der Waals surface area contributed by atoms with Crippen molar-refractivity contribution in [2.24, 2.45) is 0 Å². The first kappa shape index (κ1) is 12.0. The van der Waals surface area contributed by atoms with Crippen LogP contribution in [0.3, 0.4) is 0 Å². The Morgan fingerprint density at radius 2 is 1.76 bits per heavy atom. The molecule has 0 aliphatic carbocycles. The van der Waals surface area contributed by atoms with Gasteiger partial charge in [-0.1, -0.05) is 24.3 Å². The van der Waals surface area contributed by atoms with Crippen LogP contribution < -0.4 is 0 Å². The Morgan fingerprint density at radius 3 is 2.35 bits per heavy atom. The number of hydrogen-bond donors (Lipinski definition) is 0. The van der Waals surface area contributed by atoms with Gasteiger partial charge in [0.05, 0.1) is 13.2 Å². The monoisotopic (exact) mass is 236 g/mol. The highest BCUT2D eigenvalue weighted by Crippen LogP contribution is 2.09. The topological polar surface area (TPSA) is 55.6 Å². The van der Waals surface area contributed by atoms with E-state index < -0.39 is 0 Å². The van der Waals surface area contributed by atoms with Crippen molar-refractivity contribution >= 4 is 0 Å². The Kier molecular flexibility index (Phi) is 4.06. The summed E-state index contributed by atoms with van der Waals surface area (Å²) in [6.07, 6.45) is 0. The lowest BCUT2D eigenvalue weighted by molar-refractivity contribution is -0.496. The van der Waals surface area contributed by atoms with Crippen LogP contribution in [0.4, 0.5) is 0 Å². The van der Waals surface area contributed by atoms with Gasteiger partial charge in [0.1, 0.15) is 0 Å². The Morgan fingerprint density at radius 1 is 1.18 bits per heavy atom. The van der Waals surface area contributed by atoms with Gasteiger partial charge in [0.25, 0.3) is 0 Å². The van der Waals surface area contributed by atoms with Crippen molar-refractivity contribution in [1.29, 1.82) is 0 Å². The quantitative estimate of drug-likeness (QED) is 0.584. The number of rotatable bonds is 4. The molecule has 1 fully saturated rings. The Bertz CT molecular complexity index is 372. The number of ether oxygens (including phenoxy) is 1. The predicted molar refractivity (Wildman–Crippen MR) is 63.2 cm³/mol. The highest BCUT2D eigenvalue weighted by atomic mass is 16.6. The normalized spacial score (nSPS) is 16.9. The summed E-state index contributed by atoms with van der Waals surface area (Å²) in [5.41, 5.74) is 1.94. The number of benzene rings is 1. The standard InChI is InChI=1S/C12H16N2O3/c15-14(16)10-12-3-1-11(2-4-12)9-13-5-7-17-8-6-13/h1-4H,5-10H2. The minimum Gasteiger partial charge on any atom is -0.379 e. The first-order chi connectivity index (χ1) is 8.24. The molecule has 1 aliphatic rings. The molecular weight excluding hydrogens is 220 g/mol. The molecule has 0 aromatic heterocycles. The minimum absolute atomic E-state index is 0.0994. The maximum Gasteiger partial charge on any atom is 0.228 e. The molecule has 2 rings (SSSR count). The van der Waals surface area contributed by atoms with Gasteiger partial charge >= 0.3 is 0 Å². The zero-order chi connectivity index (χ0) is 12.1. The molecule has 5 heteroatoms. The molecule has 0 spiro atoms. The molecular formula is C12H16N2O3. The second-order valence-corrected chi connectivity index (χ2v) is 4.20. The van der Waals surface area contributed by atoms with Gasteiger partial charge < -0.3 is 4.74 Å². The average Bonchev–Trinajstić information content (AvgIpc) is 2.32. The number of nitro groups is 1. The van der Waals surface area contributed by atoms with Gasteiger partial charge in [-0.15, -0.1) is 0 Å². The average molecular weight is 236 g/mol.